The molecule has 0 aliphatic carbocycles. The summed E-state index contributed by atoms with van der Waals surface area (Å²) in [4.78, 5) is 10.2. The average Bonchev–Trinajstić information content (AvgIpc) is 1.98. The van der Waals surface area contributed by atoms with E-state index in [1.165, 1.54) is 6.92 Å². The normalized spacial score (nSPS) is 11.2. The highest BCUT2D eigenvalue weighted by molar-refractivity contribution is 7.86. The Labute approximate surface area is 70.2 Å². The molecule has 0 bridgehead atoms. The van der Waals surface area contributed by atoms with Gasteiger partial charge in [0.15, 0.2) is 5.94 Å². The first-order valence-corrected chi connectivity index (χ1v) is 4.67. The monoisotopic (exact) mass is 198 g/mol. The van der Waals surface area contributed by atoms with Gasteiger partial charge >= 0.3 is 5.97 Å². The lowest BCUT2D eigenvalue weighted by atomic mass is 10.7. The molecule has 7 heteroatoms. The Bertz CT molecular complexity index is 230. The molecule has 72 valence electrons. The van der Waals surface area contributed by atoms with Crippen molar-refractivity contribution >= 4 is 16.1 Å². The summed E-state index contributed by atoms with van der Waals surface area (Å²) in [5.74, 6) is -1.59. The zero-order valence-electron chi connectivity index (χ0n) is 6.52. The predicted octanol–water partition coefficient (Wildman–Crippen LogP) is -1.15. The molecular weight excluding hydrogens is 188 g/mol. The minimum Gasteiger partial charge on any atom is -0.463 e. The molecule has 0 aromatic rings. The third-order valence-corrected chi connectivity index (χ3v) is 1.65. The van der Waals surface area contributed by atoms with E-state index in [4.69, 9.17) is 5.11 Å². The molecule has 12 heavy (non-hydrogen) atoms. The average molecular weight is 198 g/mol. The van der Waals surface area contributed by atoms with Gasteiger partial charge in [0, 0.05) is 6.92 Å². The molecule has 0 unspecified atom stereocenters. The molecule has 0 amide bonds. The van der Waals surface area contributed by atoms with Crippen molar-refractivity contribution in [2.75, 3.05) is 19.2 Å². The highest BCUT2D eigenvalue weighted by Crippen LogP contribution is 1.90. The van der Waals surface area contributed by atoms with Crippen LogP contribution in [0.1, 0.15) is 6.92 Å². The summed E-state index contributed by atoms with van der Waals surface area (Å²) in [7, 11) is -3.85. The molecule has 0 saturated carbocycles. The second kappa shape index (κ2) is 5.07. The summed E-state index contributed by atoms with van der Waals surface area (Å²) in [5.41, 5.74) is 0. The van der Waals surface area contributed by atoms with E-state index in [9.17, 15) is 13.2 Å². The molecule has 0 radical (unpaired) electrons. The molecule has 0 fully saturated rings. The minimum atomic E-state index is -3.85. The van der Waals surface area contributed by atoms with Crippen LogP contribution in [0, 0.1) is 0 Å². The van der Waals surface area contributed by atoms with Crippen molar-refractivity contribution in [3.05, 3.63) is 0 Å². The number of aliphatic hydroxyl groups is 1. The SMILES string of the molecule is CC(=O)OCCOS(=O)(=O)CO. The van der Waals surface area contributed by atoms with Gasteiger partial charge in [-0.3, -0.25) is 8.98 Å². The summed E-state index contributed by atoms with van der Waals surface area (Å²) >= 11 is 0. The van der Waals surface area contributed by atoms with E-state index in [-0.39, 0.29) is 13.2 Å². The van der Waals surface area contributed by atoms with Gasteiger partial charge in [-0.05, 0) is 0 Å². The highest BCUT2D eigenvalue weighted by Gasteiger charge is 2.07. The van der Waals surface area contributed by atoms with Gasteiger partial charge in [0.25, 0.3) is 10.1 Å². The predicted molar refractivity (Wildman–Crippen MR) is 38.6 cm³/mol. The zero-order chi connectivity index (χ0) is 9.61. The fourth-order valence-electron chi connectivity index (χ4n) is 0.384. The maximum absolute atomic E-state index is 10.4. The number of carbonyl (C=O) groups excluding carboxylic acids is 1. The molecule has 0 aromatic heterocycles. The number of esters is 1. The fourth-order valence-corrected chi connectivity index (χ4v) is 0.780. The van der Waals surface area contributed by atoms with Crippen molar-refractivity contribution in [2.24, 2.45) is 0 Å². The fraction of sp³-hybridized carbons (Fsp3) is 0.800. The van der Waals surface area contributed by atoms with Crippen molar-refractivity contribution in [1.29, 1.82) is 0 Å². The van der Waals surface area contributed by atoms with E-state index in [1.54, 1.807) is 0 Å². The first-order valence-electron chi connectivity index (χ1n) is 3.09. The van der Waals surface area contributed by atoms with Crippen LogP contribution in [0.25, 0.3) is 0 Å². The van der Waals surface area contributed by atoms with Crippen molar-refractivity contribution in [1.82, 2.24) is 0 Å². The maximum atomic E-state index is 10.4. The van der Waals surface area contributed by atoms with Gasteiger partial charge in [0.1, 0.15) is 13.2 Å². The van der Waals surface area contributed by atoms with Crippen LogP contribution in [0.2, 0.25) is 0 Å². The first kappa shape index (κ1) is 11.3. The molecule has 0 atom stereocenters. The van der Waals surface area contributed by atoms with Gasteiger partial charge < -0.3 is 9.84 Å². The summed E-state index contributed by atoms with van der Waals surface area (Å²) in [5, 5.41) is 8.18. The quantitative estimate of drug-likeness (QED) is 0.340. The minimum absolute atomic E-state index is 0.144. The van der Waals surface area contributed by atoms with Gasteiger partial charge in [-0.15, -0.1) is 0 Å². The molecule has 0 aliphatic rings. The third-order valence-electron chi connectivity index (χ3n) is 0.810. The molecule has 6 nitrogen and oxygen atoms in total. The number of aliphatic hydroxyl groups excluding tert-OH is 1. The Kier molecular flexibility index (Phi) is 4.79. The van der Waals surface area contributed by atoms with Crippen LogP contribution >= 0.6 is 0 Å². The Balaban J connectivity index is 3.51. The van der Waals surface area contributed by atoms with Crippen LogP contribution in [0.15, 0.2) is 0 Å². The Morgan fingerprint density at radius 2 is 2.00 bits per heavy atom. The van der Waals surface area contributed by atoms with Crippen molar-refractivity contribution in [2.45, 2.75) is 6.92 Å². The van der Waals surface area contributed by atoms with E-state index >= 15 is 0 Å². The van der Waals surface area contributed by atoms with Crippen molar-refractivity contribution < 1.29 is 27.2 Å². The summed E-state index contributed by atoms with van der Waals surface area (Å²) in [6.45, 7) is 0.775. The third kappa shape index (κ3) is 6.08. The summed E-state index contributed by atoms with van der Waals surface area (Å²) in [6.07, 6.45) is 0. The van der Waals surface area contributed by atoms with Crippen molar-refractivity contribution in [3.63, 3.8) is 0 Å². The Morgan fingerprint density at radius 1 is 1.42 bits per heavy atom. The van der Waals surface area contributed by atoms with E-state index in [0.717, 1.165) is 0 Å². The zero-order valence-corrected chi connectivity index (χ0v) is 7.33. The number of rotatable bonds is 5. The van der Waals surface area contributed by atoms with Crippen LogP contribution in [0.3, 0.4) is 0 Å². The standard InChI is InChI=1S/C5H10O6S/c1-5(7)10-2-3-11-12(8,9)4-6/h6H,2-4H2,1H3. The molecule has 0 saturated heterocycles. The van der Waals surface area contributed by atoms with E-state index in [0.29, 0.717) is 0 Å². The Hall–Kier alpha value is -0.660. The van der Waals surface area contributed by atoms with E-state index in [2.05, 4.69) is 8.92 Å². The Morgan fingerprint density at radius 3 is 2.42 bits per heavy atom. The van der Waals surface area contributed by atoms with Gasteiger partial charge in [0.05, 0.1) is 0 Å². The number of ether oxygens (including phenoxy) is 1. The molecule has 0 heterocycles. The van der Waals surface area contributed by atoms with Crippen LogP contribution in [0.4, 0.5) is 0 Å². The van der Waals surface area contributed by atoms with Gasteiger partial charge in [0.2, 0.25) is 0 Å². The molecule has 0 rings (SSSR count). The number of hydrogen-bond donors (Lipinski definition) is 1. The molecule has 0 aliphatic heterocycles. The second-order valence-corrected chi connectivity index (χ2v) is 3.46. The lowest BCUT2D eigenvalue weighted by molar-refractivity contribution is -0.141. The van der Waals surface area contributed by atoms with Crippen LogP contribution in [-0.4, -0.2) is 38.6 Å². The maximum Gasteiger partial charge on any atom is 0.302 e. The van der Waals surface area contributed by atoms with E-state index < -0.39 is 22.0 Å². The lowest BCUT2D eigenvalue weighted by Crippen LogP contribution is -2.15. The van der Waals surface area contributed by atoms with Gasteiger partial charge in [-0.25, -0.2) is 0 Å². The van der Waals surface area contributed by atoms with Crippen LogP contribution in [0.5, 0.6) is 0 Å². The number of hydrogen-bond acceptors (Lipinski definition) is 6. The lowest BCUT2D eigenvalue weighted by Gasteiger charge is -2.02. The van der Waals surface area contributed by atoms with Gasteiger partial charge in [-0.1, -0.05) is 0 Å². The van der Waals surface area contributed by atoms with Crippen LogP contribution in [-0.2, 0) is 23.8 Å². The van der Waals surface area contributed by atoms with Crippen molar-refractivity contribution in [3.8, 4) is 0 Å². The highest BCUT2D eigenvalue weighted by atomic mass is 32.2. The smallest absolute Gasteiger partial charge is 0.302 e. The summed E-state index contributed by atoms with van der Waals surface area (Å²) in [6, 6.07) is 0. The molecular formula is C5H10O6S. The molecule has 0 aromatic carbocycles. The topological polar surface area (TPSA) is 89.9 Å². The number of carbonyl (C=O) groups is 1. The first-order chi connectivity index (χ1) is 5.48. The summed E-state index contributed by atoms with van der Waals surface area (Å²) < 4.78 is 29.4. The van der Waals surface area contributed by atoms with Gasteiger partial charge in [-0.2, -0.15) is 8.42 Å². The largest absolute Gasteiger partial charge is 0.463 e. The second-order valence-electron chi connectivity index (χ2n) is 1.85. The molecule has 0 spiro atoms. The molecule has 1 N–H and O–H groups in total. The van der Waals surface area contributed by atoms with E-state index in [1.807, 2.05) is 0 Å². The van der Waals surface area contributed by atoms with Crippen LogP contribution < -0.4 is 0 Å².